The predicted octanol–water partition coefficient (Wildman–Crippen LogP) is 4.10. The molecule has 2 aromatic carbocycles. The van der Waals surface area contributed by atoms with E-state index in [1.807, 2.05) is 90.6 Å². The second-order valence-corrected chi connectivity index (χ2v) is 6.91. The van der Waals surface area contributed by atoms with Crippen LogP contribution < -0.4 is 5.32 Å². The molecule has 1 amide bonds. The zero-order valence-corrected chi connectivity index (χ0v) is 16.2. The molecule has 0 fully saturated rings. The Kier molecular flexibility index (Phi) is 5.47. The van der Waals surface area contributed by atoms with Gasteiger partial charge in [0.2, 0.25) is 5.91 Å². The van der Waals surface area contributed by atoms with E-state index in [2.05, 4.69) is 10.3 Å². The number of aryl methyl sites for hydroxylation is 1. The molecule has 29 heavy (non-hydrogen) atoms. The summed E-state index contributed by atoms with van der Waals surface area (Å²) in [6.07, 6.45) is 4.03. The van der Waals surface area contributed by atoms with Crippen molar-refractivity contribution in [3.63, 3.8) is 0 Å². The Morgan fingerprint density at radius 2 is 1.69 bits per heavy atom. The smallest absolute Gasteiger partial charge is 0.224 e. The maximum absolute atomic E-state index is 12.4. The molecule has 5 heteroatoms. The van der Waals surface area contributed by atoms with Crippen molar-refractivity contribution in [3.05, 3.63) is 102 Å². The molecule has 0 aliphatic carbocycles. The molecule has 4 aromatic rings. The van der Waals surface area contributed by atoms with Gasteiger partial charge in [0.05, 0.1) is 17.8 Å². The van der Waals surface area contributed by atoms with Gasteiger partial charge in [-0.05, 0) is 30.7 Å². The van der Waals surface area contributed by atoms with E-state index in [0.717, 1.165) is 33.8 Å². The predicted molar refractivity (Wildman–Crippen MR) is 114 cm³/mol. The van der Waals surface area contributed by atoms with E-state index in [1.54, 1.807) is 6.20 Å². The van der Waals surface area contributed by atoms with Crippen LogP contribution in [-0.2, 0) is 17.8 Å². The van der Waals surface area contributed by atoms with Gasteiger partial charge < -0.3 is 5.32 Å². The molecule has 2 aromatic heterocycles. The number of aromatic nitrogens is 3. The maximum Gasteiger partial charge on any atom is 0.224 e. The summed E-state index contributed by atoms with van der Waals surface area (Å²) in [5, 5.41) is 7.79. The first-order valence-electron chi connectivity index (χ1n) is 9.56. The first kappa shape index (κ1) is 18.6. The third-order valence-electron chi connectivity index (χ3n) is 4.67. The summed E-state index contributed by atoms with van der Waals surface area (Å²) in [6, 6.07) is 23.8. The highest BCUT2D eigenvalue weighted by molar-refractivity contribution is 5.78. The standard InChI is InChI=1S/C24H22N4O/c1-18-12-13-19(15-25-18)14-23(29)26-16-21-17-28(22-10-6-3-7-11-22)27-24(21)20-8-4-2-5-9-20/h2-13,15,17H,14,16H2,1H3,(H,26,29). The average Bonchev–Trinajstić information content (AvgIpc) is 3.20. The van der Waals surface area contributed by atoms with Gasteiger partial charge in [-0.15, -0.1) is 0 Å². The van der Waals surface area contributed by atoms with Gasteiger partial charge in [-0.2, -0.15) is 5.10 Å². The lowest BCUT2D eigenvalue weighted by atomic mass is 10.1. The summed E-state index contributed by atoms with van der Waals surface area (Å²) >= 11 is 0. The molecule has 5 nitrogen and oxygen atoms in total. The minimum Gasteiger partial charge on any atom is -0.352 e. The minimum absolute atomic E-state index is 0.0397. The van der Waals surface area contributed by atoms with Crippen molar-refractivity contribution in [3.8, 4) is 16.9 Å². The zero-order chi connectivity index (χ0) is 20.1. The van der Waals surface area contributed by atoms with Crippen molar-refractivity contribution in [2.75, 3.05) is 0 Å². The van der Waals surface area contributed by atoms with Gasteiger partial charge in [-0.1, -0.05) is 54.6 Å². The molecular weight excluding hydrogens is 360 g/mol. The molecule has 0 aliphatic rings. The van der Waals surface area contributed by atoms with Gasteiger partial charge in [-0.25, -0.2) is 4.68 Å². The van der Waals surface area contributed by atoms with Crippen LogP contribution in [0.25, 0.3) is 16.9 Å². The summed E-state index contributed by atoms with van der Waals surface area (Å²) in [5.41, 5.74) is 5.68. The number of pyridine rings is 1. The Bertz CT molecular complexity index is 1090. The molecule has 1 N–H and O–H groups in total. The van der Waals surface area contributed by atoms with E-state index in [-0.39, 0.29) is 5.91 Å². The molecule has 0 unspecified atom stereocenters. The summed E-state index contributed by atoms with van der Waals surface area (Å²) < 4.78 is 1.85. The normalized spacial score (nSPS) is 10.7. The van der Waals surface area contributed by atoms with Crippen molar-refractivity contribution in [1.82, 2.24) is 20.1 Å². The molecular formula is C24H22N4O. The third kappa shape index (κ3) is 4.58. The molecule has 0 spiro atoms. The lowest BCUT2D eigenvalue weighted by Crippen LogP contribution is -2.24. The van der Waals surface area contributed by atoms with Crippen LogP contribution in [0.4, 0.5) is 0 Å². The zero-order valence-electron chi connectivity index (χ0n) is 16.2. The summed E-state index contributed by atoms with van der Waals surface area (Å²) in [7, 11) is 0. The number of nitrogens with one attached hydrogen (secondary N) is 1. The second kappa shape index (κ2) is 8.52. The Labute approximate surface area is 170 Å². The number of hydrogen-bond donors (Lipinski definition) is 1. The number of rotatable bonds is 6. The van der Waals surface area contributed by atoms with Gasteiger partial charge in [0.1, 0.15) is 0 Å². The molecule has 0 aliphatic heterocycles. The molecule has 0 saturated heterocycles. The van der Waals surface area contributed by atoms with Crippen molar-refractivity contribution < 1.29 is 4.79 Å². The molecule has 0 radical (unpaired) electrons. The van der Waals surface area contributed by atoms with Crippen LogP contribution in [0, 0.1) is 6.92 Å². The van der Waals surface area contributed by atoms with Crippen LogP contribution in [0.2, 0.25) is 0 Å². The van der Waals surface area contributed by atoms with E-state index < -0.39 is 0 Å². The molecule has 0 saturated carbocycles. The van der Waals surface area contributed by atoms with Gasteiger partial charge in [0, 0.05) is 35.8 Å². The van der Waals surface area contributed by atoms with Crippen LogP contribution in [-0.4, -0.2) is 20.7 Å². The van der Waals surface area contributed by atoms with Crippen LogP contribution in [0.5, 0.6) is 0 Å². The quantitative estimate of drug-likeness (QED) is 0.546. The molecule has 4 rings (SSSR count). The largest absolute Gasteiger partial charge is 0.352 e. The highest BCUT2D eigenvalue weighted by Gasteiger charge is 2.13. The number of nitrogens with zero attached hydrogens (tertiary/aromatic N) is 3. The Hall–Kier alpha value is -3.73. The van der Waals surface area contributed by atoms with Gasteiger partial charge in [0.25, 0.3) is 0 Å². The second-order valence-electron chi connectivity index (χ2n) is 6.91. The first-order valence-corrected chi connectivity index (χ1v) is 9.56. The van der Waals surface area contributed by atoms with E-state index in [9.17, 15) is 4.79 Å². The van der Waals surface area contributed by atoms with Crippen molar-refractivity contribution in [2.45, 2.75) is 19.9 Å². The highest BCUT2D eigenvalue weighted by Crippen LogP contribution is 2.23. The van der Waals surface area contributed by atoms with E-state index in [4.69, 9.17) is 5.10 Å². The lowest BCUT2D eigenvalue weighted by Gasteiger charge is -2.06. The van der Waals surface area contributed by atoms with E-state index in [0.29, 0.717) is 13.0 Å². The number of amides is 1. The number of benzene rings is 2. The molecule has 2 heterocycles. The van der Waals surface area contributed by atoms with Gasteiger partial charge >= 0.3 is 0 Å². The topological polar surface area (TPSA) is 59.8 Å². The Balaban J connectivity index is 1.54. The number of carbonyl (C=O) groups excluding carboxylic acids is 1. The van der Waals surface area contributed by atoms with Crippen molar-refractivity contribution >= 4 is 5.91 Å². The number of carbonyl (C=O) groups is 1. The monoisotopic (exact) mass is 382 g/mol. The summed E-state index contributed by atoms with van der Waals surface area (Å²) in [5.74, 6) is -0.0397. The average molecular weight is 382 g/mol. The van der Waals surface area contributed by atoms with Crippen LogP contribution in [0.3, 0.4) is 0 Å². The fraction of sp³-hybridized carbons (Fsp3) is 0.125. The fourth-order valence-electron chi connectivity index (χ4n) is 3.14. The SMILES string of the molecule is Cc1ccc(CC(=O)NCc2cn(-c3ccccc3)nc2-c2ccccc2)cn1. The Morgan fingerprint density at radius 1 is 0.966 bits per heavy atom. The summed E-state index contributed by atoms with van der Waals surface area (Å²) in [4.78, 5) is 16.7. The summed E-state index contributed by atoms with van der Waals surface area (Å²) in [6.45, 7) is 2.34. The van der Waals surface area contributed by atoms with Crippen molar-refractivity contribution in [1.29, 1.82) is 0 Å². The fourth-order valence-corrected chi connectivity index (χ4v) is 3.14. The molecule has 0 bridgehead atoms. The maximum atomic E-state index is 12.4. The number of para-hydroxylation sites is 1. The first-order chi connectivity index (χ1) is 14.2. The van der Waals surface area contributed by atoms with E-state index >= 15 is 0 Å². The van der Waals surface area contributed by atoms with E-state index in [1.165, 1.54) is 0 Å². The molecule has 0 atom stereocenters. The van der Waals surface area contributed by atoms with Gasteiger partial charge in [-0.3, -0.25) is 9.78 Å². The number of hydrogen-bond acceptors (Lipinski definition) is 3. The highest BCUT2D eigenvalue weighted by atomic mass is 16.1. The van der Waals surface area contributed by atoms with Gasteiger partial charge in [0.15, 0.2) is 0 Å². The van der Waals surface area contributed by atoms with Crippen LogP contribution in [0.1, 0.15) is 16.8 Å². The van der Waals surface area contributed by atoms with Crippen molar-refractivity contribution in [2.24, 2.45) is 0 Å². The Morgan fingerprint density at radius 3 is 2.38 bits per heavy atom. The minimum atomic E-state index is -0.0397. The molecule has 144 valence electrons. The third-order valence-corrected chi connectivity index (χ3v) is 4.67. The lowest BCUT2D eigenvalue weighted by molar-refractivity contribution is -0.120. The van der Waals surface area contributed by atoms with Crippen LogP contribution >= 0.6 is 0 Å². The van der Waals surface area contributed by atoms with Crippen LogP contribution in [0.15, 0.2) is 85.2 Å².